The highest BCUT2D eigenvalue weighted by Gasteiger charge is 2.23. The molecule has 0 aliphatic heterocycles. The maximum absolute atomic E-state index is 5.72. The van der Waals surface area contributed by atoms with Crippen LogP contribution in [0.1, 0.15) is 19.3 Å². The predicted molar refractivity (Wildman–Crippen MR) is 66.3 cm³/mol. The Morgan fingerprint density at radius 3 is 1.38 bits per heavy atom. The molecule has 0 radical (unpaired) electrons. The predicted octanol–water partition coefficient (Wildman–Crippen LogP) is 3.24. The summed E-state index contributed by atoms with van der Waals surface area (Å²) in [6.45, 7) is 11.9. The standard InChI is InChI=1S/C11H19N.BrH/c1-4-7-11(10-12,8-5-2)9-6-3;/h4-6H,1-3,7-10,12H2;1H. The van der Waals surface area contributed by atoms with Gasteiger partial charge >= 0.3 is 0 Å². The third-order valence-electron chi connectivity index (χ3n) is 2.17. The fourth-order valence-corrected chi connectivity index (χ4v) is 1.42. The van der Waals surface area contributed by atoms with Gasteiger partial charge < -0.3 is 5.73 Å². The normalized spacial score (nSPS) is 9.92. The molecular formula is C11H20BrN. The Kier molecular flexibility index (Phi) is 9.63. The molecule has 0 saturated heterocycles. The van der Waals surface area contributed by atoms with Crippen molar-refractivity contribution in [1.29, 1.82) is 0 Å². The number of rotatable bonds is 7. The van der Waals surface area contributed by atoms with Gasteiger partial charge in [0.25, 0.3) is 0 Å². The van der Waals surface area contributed by atoms with E-state index >= 15 is 0 Å². The van der Waals surface area contributed by atoms with Gasteiger partial charge in [0.15, 0.2) is 0 Å². The average molecular weight is 246 g/mol. The molecule has 76 valence electrons. The van der Waals surface area contributed by atoms with Crippen LogP contribution in [-0.4, -0.2) is 6.54 Å². The molecule has 0 heterocycles. The molecule has 0 spiro atoms. The SMILES string of the molecule is Br.C=CCC(CN)(CC=C)CC=C. The molecule has 0 aromatic heterocycles. The van der Waals surface area contributed by atoms with Crippen molar-refractivity contribution >= 4 is 17.0 Å². The van der Waals surface area contributed by atoms with Crippen LogP contribution < -0.4 is 5.73 Å². The molecule has 13 heavy (non-hydrogen) atoms. The molecular weight excluding hydrogens is 226 g/mol. The van der Waals surface area contributed by atoms with Crippen molar-refractivity contribution in [3.05, 3.63) is 38.0 Å². The van der Waals surface area contributed by atoms with Crippen molar-refractivity contribution in [2.45, 2.75) is 19.3 Å². The lowest BCUT2D eigenvalue weighted by molar-refractivity contribution is 0.310. The minimum atomic E-state index is 0. The topological polar surface area (TPSA) is 26.0 Å². The summed E-state index contributed by atoms with van der Waals surface area (Å²) in [4.78, 5) is 0. The second-order valence-corrected chi connectivity index (χ2v) is 3.18. The molecule has 0 atom stereocenters. The largest absolute Gasteiger partial charge is 0.330 e. The van der Waals surface area contributed by atoms with Crippen LogP contribution in [0, 0.1) is 5.41 Å². The monoisotopic (exact) mass is 245 g/mol. The number of nitrogens with two attached hydrogens (primary N) is 1. The molecule has 2 N–H and O–H groups in total. The van der Waals surface area contributed by atoms with E-state index in [0.717, 1.165) is 19.3 Å². The minimum Gasteiger partial charge on any atom is -0.330 e. The molecule has 0 aliphatic carbocycles. The molecule has 1 nitrogen and oxygen atoms in total. The van der Waals surface area contributed by atoms with E-state index in [0.29, 0.717) is 6.54 Å². The van der Waals surface area contributed by atoms with Gasteiger partial charge in [-0.1, -0.05) is 18.2 Å². The van der Waals surface area contributed by atoms with E-state index in [9.17, 15) is 0 Å². The zero-order valence-electron chi connectivity index (χ0n) is 8.17. The number of hydrogen-bond donors (Lipinski definition) is 1. The van der Waals surface area contributed by atoms with Gasteiger partial charge in [0.1, 0.15) is 0 Å². The van der Waals surface area contributed by atoms with Crippen LogP contribution in [0.5, 0.6) is 0 Å². The van der Waals surface area contributed by atoms with Crippen molar-refractivity contribution in [3.8, 4) is 0 Å². The Balaban J connectivity index is 0. The van der Waals surface area contributed by atoms with Crippen LogP contribution >= 0.6 is 17.0 Å². The van der Waals surface area contributed by atoms with Crippen molar-refractivity contribution in [2.24, 2.45) is 11.1 Å². The summed E-state index contributed by atoms with van der Waals surface area (Å²) in [5.74, 6) is 0. The molecule has 0 unspecified atom stereocenters. The zero-order valence-corrected chi connectivity index (χ0v) is 9.88. The Labute approximate surface area is 92.2 Å². The fraction of sp³-hybridized carbons (Fsp3) is 0.455. The number of hydrogen-bond acceptors (Lipinski definition) is 1. The van der Waals surface area contributed by atoms with Crippen LogP contribution in [0.25, 0.3) is 0 Å². The smallest absolute Gasteiger partial charge is 0.00116 e. The maximum atomic E-state index is 5.72. The third kappa shape index (κ3) is 5.06. The summed E-state index contributed by atoms with van der Waals surface area (Å²) in [7, 11) is 0. The van der Waals surface area contributed by atoms with Gasteiger partial charge in [-0.15, -0.1) is 36.7 Å². The highest BCUT2D eigenvalue weighted by atomic mass is 79.9. The lowest BCUT2D eigenvalue weighted by atomic mass is 9.78. The van der Waals surface area contributed by atoms with Crippen LogP contribution in [-0.2, 0) is 0 Å². The van der Waals surface area contributed by atoms with E-state index in [2.05, 4.69) is 19.7 Å². The van der Waals surface area contributed by atoms with Gasteiger partial charge in [0.05, 0.1) is 0 Å². The van der Waals surface area contributed by atoms with Gasteiger partial charge in [-0.25, -0.2) is 0 Å². The molecule has 0 fully saturated rings. The highest BCUT2D eigenvalue weighted by molar-refractivity contribution is 8.93. The number of halogens is 1. The van der Waals surface area contributed by atoms with Crippen LogP contribution in [0.2, 0.25) is 0 Å². The van der Waals surface area contributed by atoms with E-state index in [1.165, 1.54) is 0 Å². The first-order chi connectivity index (χ1) is 5.74. The van der Waals surface area contributed by atoms with Crippen LogP contribution in [0.15, 0.2) is 38.0 Å². The van der Waals surface area contributed by atoms with Crippen molar-refractivity contribution < 1.29 is 0 Å². The second kappa shape index (κ2) is 8.27. The molecule has 0 amide bonds. The van der Waals surface area contributed by atoms with Gasteiger partial charge in [-0.05, 0) is 31.2 Å². The summed E-state index contributed by atoms with van der Waals surface area (Å²) in [6, 6.07) is 0. The van der Waals surface area contributed by atoms with Gasteiger partial charge in [0.2, 0.25) is 0 Å². The van der Waals surface area contributed by atoms with Gasteiger partial charge in [-0.3, -0.25) is 0 Å². The lowest BCUT2D eigenvalue weighted by Crippen LogP contribution is -2.28. The Morgan fingerprint density at radius 2 is 1.23 bits per heavy atom. The summed E-state index contributed by atoms with van der Waals surface area (Å²) in [5, 5.41) is 0. The Bertz CT molecular complexity index is 137. The van der Waals surface area contributed by atoms with E-state index < -0.39 is 0 Å². The quantitative estimate of drug-likeness (QED) is 0.685. The molecule has 2 heteroatoms. The van der Waals surface area contributed by atoms with Gasteiger partial charge in [0, 0.05) is 0 Å². The van der Waals surface area contributed by atoms with Crippen LogP contribution in [0.3, 0.4) is 0 Å². The van der Waals surface area contributed by atoms with Crippen LogP contribution in [0.4, 0.5) is 0 Å². The first-order valence-corrected chi connectivity index (χ1v) is 4.27. The molecule has 0 bridgehead atoms. The summed E-state index contributed by atoms with van der Waals surface area (Å²) in [5.41, 5.74) is 5.84. The highest BCUT2D eigenvalue weighted by Crippen LogP contribution is 2.30. The lowest BCUT2D eigenvalue weighted by Gasteiger charge is -2.28. The van der Waals surface area contributed by atoms with E-state index in [1.807, 2.05) is 18.2 Å². The average Bonchev–Trinajstić information content (AvgIpc) is 2.06. The van der Waals surface area contributed by atoms with Gasteiger partial charge in [-0.2, -0.15) is 0 Å². The molecule has 0 aromatic rings. The zero-order chi connectivity index (χ0) is 9.45. The van der Waals surface area contributed by atoms with E-state index in [1.54, 1.807) is 0 Å². The number of allylic oxidation sites excluding steroid dienone is 3. The first-order valence-electron chi connectivity index (χ1n) is 4.27. The molecule has 0 saturated carbocycles. The first kappa shape index (κ1) is 15.1. The summed E-state index contributed by atoms with van der Waals surface area (Å²) in [6.07, 6.45) is 8.55. The Morgan fingerprint density at radius 1 is 0.923 bits per heavy atom. The molecule has 0 aliphatic rings. The second-order valence-electron chi connectivity index (χ2n) is 3.18. The van der Waals surface area contributed by atoms with E-state index in [-0.39, 0.29) is 22.4 Å². The molecule has 0 rings (SSSR count). The van der Waals surface area contributed by atoms with Crippen molar-refractivity contribution in [2.75, 3.05) is 6.54 Å². The van der Waals surface area contributed by atoms with E-state index in [4.69, 9.17) is 5.73 Å². The van der Waals surface area contributed by atoms with Crippen molar-refractivity contribution in [3.63, 3.8) is 0 Å². The Hall–Kier alpha value is -0.340. The fourth-order valence-electron chi connectivity index (χ4n) is 1.42. The summed E-state index contributed by atoms with van der Waals surface area (Å²) < 4.78 is 0. The van der Waals surface area contributed by atoms with Crippen molar-refractivity contribution in [1.82, 2.24) is 0 Å². The molecule has 0 aromatic carbocycles. The maximum Gasteiger partial charge on any atom is -0.00116 e. The minimum absolute atomic E-state index is 0. The third-order valence-corrected chi connectivity index (χ3v) is 2.17. The summed E-state index contributed by atoms with van der Waals surface area (Å²) >= 11 is 0.